The topological polar surface area (TPSA) is 101 Å². The van der Waals surface area contributed by atoms with Gasteiger partial charge in [0.15, 0.2) is 11.5 Å². The van der Waals surface area contributed by atoms with Gasteiger partial charge in [-0.3, -0.25) is 0 Å². The molecule has 0 unspecified atom stereocenters. The molecule has 0 amide bonds. The predicted molar refractivity (Wildman–Crippen MR) is 138 cm³/mol. The van der Waals surface area contributed by atoms with Crippen molar-refractivity contribution in [1.29, 1.82) is 0 Å². The van der Waals surface area contributed by atoms with Crippen LogP contribution in [-0.4, -0.2) is 39.1 Å². The molecule has 4 heterocycles. The third kappa shape index (κ3) is 4.61. The Labute approximate surface area is 201 Å². The number of imidazole rings is 1. The Hall–Kier alpha value is -3.46. The monoisotopic (exact) mass is 476 g/mol. The number of anilines is 1. The van der Waals surface area contributed by atoms with Gasteiger partial charge in [-0.2, -0.15) is 4.73 Å². The molecule has 0 saturated carbocycles. The Bertz CT molecular complexity index is 1310. The summed E-state index contributed by atoms with van der Waals surface area (Å²) in [7, 11) is -2.24. The molecular formula is C25H32N6O2Si. The summed E-state index contributed by atoms with van der Waals surface area (Å²) in [6.07, 6.45) is 3.49. The first-order valence-electron chi connectivity index (χ1n) is 11.4. The molecule has 0 aromatic carbocycles. The Kier molecular flexibility index (Phi) is 6.07. The molecule has 0 atom stereocenters. The highest BCUT2D eigenvalue weighted by molar-refractivity contribution is 6.74. The fourth-order valence-electron chi connectivity index (χ4n) is 3.17. The molecule has 0 fully saturated rings. The number of fused-ring (bicyclic) bond motifs is 1. The molecule has 8 nitrogen and oxygen atoms in total. The van der Waals surface area contributed by atoms with E-state index in [1.54, 1.807) is 17.1 Å². The molecule has 0 spiro atoms. The van der Waals surface area contributed by atoms with E-state index in [-0.39, 0.29) is 11.1 Å². The number of nitrogens with two attached hydrogens (primary N) is 1. The van der Waals surface area contributed by atoms with Gasteiger partial charge < -0.3 is 15.0 Å². The van der Waals surface area contributed by atoms with Crippen LogP contribution in [0.1, 0.15) is 34.6 Å². The van der Waals surface area contributed by atoms with Crippen LogP contribution in [0.15, 0.2) is 48.8 Å². The number of rotatable bonds is 6. The van der Waals surface area contributed by atoms with Crippen LogP contribution >= 0.6 is 0 Å². The summed E-state index contributed by atoms with van der Waals surface area (Å²) in [4.78, 5) is 18.4. The lowest BCUT2D eigenvalue weighted by molar-refractivity contribution is 0.232. The maximum atomic E-state index is 6.73. The van der Waals surface area contributed by atoms with Gasteiger partial charge in [0.05, 0.1) is 17.4 Å². The number of ether oxygens (including phenoxy) is 1. The molecule has 0 saturated heterocycles. The average molecular weight is 477 g/mol. The third-order valence-electron chi connectivity index (χ3n) is 6.06. The van der Waals surface area contributed by atoms with Crippen molar-refractivity contribution in [2.75, 3.05) is 5.73 Å². The fraction of sp³-hybridized carbons (Fsp3) is 0.360. The van der Waals surface area contributed by atoms with Crippen molar-refractivity contribution in [1.82, 2.24) is 24.7 Å². The normalized spacial score (nSPS) is 12.4. The minimum atomic E-state index is -2.24. The van der Waals surface area contributed by atoms with Crippen LogP contribution in [0.2, 0.25) is 18.1 Å². The van der Waals surface area contributed by atoms with E-state index < -0.39 is 8.32 Å². The van der Waals surface area contributed by atoms with E-state index in [1.165, 1.54) is 0 Å². The molecule has 0 aliphatic rings. The molecule has 34 heavy (non-hydrogen) atoms. The second-order valence-corrected chi connectivity index (χ2v) is 14.8. The highest BCUT2D eigenvalue weighted by atomic mass is 28.4. The lowest BCUT2D eigenvalue weighted by atomic mass is 10.2. The van der Waals surface area contributed by atoms with Gasteiger partial charge in [0.2, 0.25) is 5.88 Å². The van der Waals surface area contributed by atoms with Crippen molar-refractivity contribution in [3.8, 4) is 28.5 Å². The number of nitrogens with zero attached hydrogens (tertiary/aromatic N) is 5. The number of pyridine rings is 3. The van der Waals surface area contributed by atoms with Gasteiger partial charge in [0.25, 0.3) is 8.32 Å². The molecular weight excluding hydrogens is 444 g/mol. The summed E-state index contributed by atoms with van der Waals surface area (Å²) in [6.45, 7) is 14.9. The van der Waals surface area contributed by atoms with Gasteiger partial charge in [0.1, 0.15) is 11.3 Å². The van der Waals surface area contributed by atoms with E-state index in [0.717, 1.165) is 11.3 Å². The molecule has 9 heteroatoms. The fourth-order valence-corrected chi connectivity index (χ4v) is 4.07. The highest BCUT2D eigenvalue weighted by Gasteiger charge is 2.41. The minimum Gasteiger partial charge on any atom is -0.475 e. The van der Waals surface area contributed by atoms with Gasteiger partial charge >= 0.3 is 0 Å². The lowest BCUT2D eigenvalue weighted by Crippen LogP contribution is -2.48. The maximum Gasteiger partial charge on any atom is 0.284 e. The van der Waals surface area contributed by atoms with Crippen molar-refractivity contribution in [3.05, 3.63) is 48.8 Å². The summed E-state index contributed by atoms with van der Waals surface area (Å²) < 4.78 is 14.1. The van der Waals surface area contributed by atoms with Crippen molar-refractivity contribution in [3.63, 3.8) is 0 Å². The van der Waals surface area contributed by atoms with Crippen LogP contribution in [0.3, 0.4) is 0 Å². The summed E-state index contributed by atoms with van der Waals surface area (Å²) in [5.41, 5.74) is 9.90. The number of hydrogen-bond donors (Lipinski definition) is 1. The summed E-state index contributed by atoms with van der Waals surface area (Å²) in [5.74, 6) is 1.57. The molecule has 0 bridgehead atoms. The van der Waals surface area contributed by atoms with Gasteiger partial charge in [-0.25, -0.2) is 19.9 Å². The molecule has 4 aromatic heterocycles. The average Bonchev–Trinajstić information content (AvgIpc) is 3.10. The predicted octanol–water partition coefficient (Wildman–Crippen LogP) is 5.36. The largest absolute Gasteiger partial charge is 0.475 e. The van der Waals surface area contributed by atoms with Gasteiger partial charge in [-0.1, -0.05) is 20.8 Å². The summed E-state index contributed by atoms with van der Waals surface area (Å²) >= 11 is 0. The van der Waals surface area contributed by atoms with Crippen molar-refractivity contribution in [2.45, 2.75) is 58.9 Å². The number of hydrogen-bond acceptors (Lipinski definition) is 7. The SMILES string of the molecule is CC(C)Oc1ccc(-c2ccc3nc(-c4cccnc4N)n(O[Si](C)(C)C(C)(C)C)c3n2)cn1. The zero-order chi connectivity index (χ0) is 24.7. The van der Waals surface area contributed by atoms with Crippen molar-refractivity contribution >= 4 is 25.3 Å². The first-order valence-corrected chi connectivity index (χ1v) is 14.3. The maximum absolute atomic E-state index is 6.73. The third-order valence-corrected chi connectivity index (χ3v) is 10.3. The molecule has 0 aliphatic heterocycles. The van der Waals surface area contributed by atoms with Crippen LogP contribution < -0.4 is 15.0 Å². The van der Waals surface area contributed by atoms with Crippen LogP contribution in [0.25, 0.3) is 33.8 Å². The van der Waals surface area contributed by atoms with Crippen LogP contribution in [-0.2, 0) is 0 Å². The number of nitrogen functional groups attached to an aromatic ring is 1. The van der Waals surface area contributed by atoms with Gasteiger partial charge in [-0.05, 0) is 62.3 Å². The molecule has 0 aliphatic carbocycles. The standard InChI is InChI=1S/C25H32N6O2Si/c1-16(2)32-21-13-10-17(15-28-21)19-11-12-20-24(29-19)31(33-34(6,7)25(3,4)5)23(30-20)18-9-8-14-27-22(18)26/h8-16H,1-7H3,(H2,26,27). The first kappa shape index (κ1) is 23.7. The van der Waals surface area contributed by atoms with E-state index in [4.69, 9.17) is 25.0 Å². The van der Waals surface area contributed by atoms with Gasteiger partial charge in [-0.15, -0.1) is 0 Å². The lowest BCUT2D eigenvalue weighted by Gasteiger charge is -2.36. The highest BCUT2D eigenvalue weighted by Crippen LogP contribution is 2.37. The second-order valence-electron chi connectivity index (χ2n) is 10.1. The van der Waals surface area contributed by atoms with Crippen LogP contribution in [0.4, 0.5) is 5.82 Å². The Morgan fingerprint density at radius 1 is 1.00 bits per heavy atom. The zero-order valence-electron chi connectivity index (χ0n) is 20.8. The molecule has 0 radical (unpaired) electrons. The van der Waals surface area contributed by atoms with Crippen LogP contribution in [0.5, 0.6) is 5.88 Å². The Morgan fingerprint density at radius 3 is 2.38 bits per heavy atom. The van der Waals surface area contributed by atoms with Crippen molar-refractivity contribution in [2.24, 2.45) is 0 Å². The molecule has 178 valence electrons. The van der Waals surface area contributed by atoms with Crippen LogP contribution in [0, 0.1) is 0 Å². The smallest absolute Gasteiger partial charge is 0.284 e. The zero-order valence-corrected chi connectivity index (χ0v) is 21.8. The van der Waals surface area contributed by atoms with E-state index >= 15 is 0 Å². The van der Waals surface area contributed by atoms with E-state index in [1.807, 2.05) is 50.2 Å². The second kappa shape index (κ2) is 8.71. The summed E-state index contributed by atoms with van der Waals surface area (Å²) in [5, 5.41) is -0.0187. The minimum absolute atomic E-state index is 0.0187. The number of aromatic nitrogens is 5. The Balaban J connectivity index is 1.86. The van der Waals surface area contributed by atoms with Gasteiger partial charge in [0, 0.05) is 24.0 Å². The molecule has 4 aromatic rings. The van der Waals surface area contributed by atoms with Crippen molar-refractivity contribution < 1.29 is 9.26 Å². The Morgan fingerprint density at radius 2 is 1.76 bits per heavy atom. The van der Waals surface area contributed by atoms with E-state index in [9.17, 15) is 0 Å². The summed E-state index contributed by atoms with van der Waals surface area (Å²) in [6, 6.07) is 11.4. The quantitative estimate of drug-likeness (QED) is 0.374. The molecule has 4 rings (SSSR count). The van der Waals surface area contributed by atoms with E-state index in [0.29, 0.717) is 34.2 Å². The van der Waals surface area contributed by atoms with E-state index in [2.05, 4.69) is 43.8 Å². The molecule has 2 N–H and O–H groups in total. The first-order chi connectivity index (χ1) is 16.0.